The van der Waals surface area contributed by atoms with E-state index in [-0.39, 0.29) is 18.0 Å². The fourth-order valence-electron chi connectivity index (χ4n) is 1.79. The molecule has 1 aliphatic heterocycles. The Balaban J connectivity index is 2.47. The van der Waals surface area contributed by atoms with Gasteiger partial charge in [0.15, 0.2) is 0 Å². The van der Waals surface area contributed by atoms with Crippen molar-refractivity contribution in [1.29, 1.82) is 5.26 Å². The molecule has 0 aromatic rings. The van der Waals surface area contributed by atoms with Crippen molar-refractivity contribution in [2.45, 2.75) is 44.7 Å². The molecule has 4 heteroatoms. The van der Waals surface area contributed by atoms with Gasteiger partial charge in [0, 0.05) is 13.1 Å². The Morgan fingerprint density at radius 1 is 1.67 bits per heavy atom. The first kappa shape index (κ1) is 12.0. The zero-order valence-electron chi connectivity index (χ0n) is 9.49. The lowest BCUT2D eigenvalue weighted by Gasteiger charge is -2.30. The number of amides is 1. The predicted molar refractivity (Wildman–Crippen MR) is 58.1 cm³/mol. The van der Waals surface area contributed by atoms with Crippen molar-refractivity contribution in [2.75, 3.05) is 13.6 Å². The molecular weight excluding hydrogens is 190 g/mol. The molecule has 0 aromatic heterocycles. The molecule has 4 nitrogen and oxygen atoms in total. The first-order valence-electron chi connectivity index (χ1n) is 5.54. The molecule has 2 atom stereocenters. The molecule has 0 saturated carbocycles. The minimum Gasteiger partial charge on any atom is -0.341 e. The van der Waals surface area contributed by atoms with Gasteiger partial charge in [-0.1, -0.05) is 6.42 Å². The molecule has 1 heterocycles. The molecule has 84 valence electrons. The minimum absolute atomic E-state index is 0.00577. The topological polar surface area (TPSA) is 56.1 Å². The van der Waals surface area contributed by atoms with Gasteiger partial charge in [-0.05, 0) is 26.3 Å². The van der Waals surface area contributed by atoms with E-state index in [2.05, 4.69) is 11.4 Å². The molecule has 0 radical (unpaired) electrons. The van der Waals surface area contributed by atoms with E-state index in [0.29, 0.717) is 6.42 Å². The fourth-order valence-corrected chi connectivity index (χ4v) is 1.79. The normalized spacial score (nSPS) is 22.9. The first-order valence-corrected chi connectivity index (χ1v) is 5.54. The Labute approximate surface area is 91.2 Å². The first-order chi connectivity index (χ1) is 7.16. The average molecular weight is 209 g/mol. The SMILES string of the molecule is CC(CC#N)N(C)C(=O)[C@H]1CCCCN1. The number of piperidine rings is 1. The van der Waals surface area contributed by atoms with Crippen LogP contribution in [0.5, 0.6) is 0 Å². The molecule has 1 N–H and O–H groups in total. The third-order valence-electron chi connectivity index (χ3n) is 3.00. The van der Waals surface area contributed by atoms with Crippen molar-refractivity contribution < 1.29 is 4.79 Å². The van der Waals surface area contributed by atoms with Crippen molar-refractivity contribution in [2.24, 2.45) is 0 Å². The number of nitrogens with zero attached hydrogens (tertiary/aromatic N) is 2. The van der Waals surface area contributed by atoms with E-state index in [4.69, 9.17) is 5.26 Å². The maximum Gasteiger partial charge on any atom is 0.239 e. The number of nitriles is 1. The Morgan fingerprint density at radius 2 is 2.40 bits per heavy atom. The molecule has 0 bridgehead atoms. The van der Waals surface area contributed by atoms with E-state index in [1.165, 1.54) is 0 Å². The second-order valence-corrected chi connectivity index (χ2v) is 4.16. The average Bonchev–Trinajstić information content (AvgIpc) is 2.28. The second-order valence-electron chi connectivity index (χ2n) is 4.16. The lowest BCUT2D eigenvalue weighted by Crippen LogP contribution is -2.49. The molecule has 1 rings (SSSR count). The van der Waals surface area contributed by atoms with Crippen LogP contribution in [0.25, 0.3) is 0 Å². The molecule has 0 aromatic carbocycles. The molecule has 0 spiro atoms. The Morgan fingerprint density at radius 3 is 2.93 bits per heavy atom. The highest BCUT2D eigenvalue weighted by atomic mass is 16.2. The summed E-state index contributed by atoms with van der Waals surface area (Å²) >= 11 is 0. The van der Waals surface area contributed by atoms with E-state index >= 15 is 0 Å². The van der Waals surface area contributed by atoms with E-state index in [9.17, 15) is 4.79 Å². The summed E-state index contributed by atoms with van der Waals surface area (Å²) in [7, 11) is 1.78. The highest BCUT2D eigenvalue weighted by molar-refractivity contribution is 5.82. The summed E-state index contributed by atoms with van der Waals surface area (Å²) in [6.45, 7) is 2.83. The number of hydrogen-bond donors (Lipinski definition) is 1. The lowest BCUT2D eigenvalue weighted by atomic mass is 10.0. The van der Waals surface area contributed by atoms with Crippen LogP contribution in [0.3, 0.4) is 0 Å². The van der Waals surface area contributed by atoms with Gasteiger partial charge >= 0.3 is 0 Å². The van der Waals surface area contributed by atoms with Crippen LogP contribution in [0.2, 0.25) is 0 Å². The number of carbonyl (C=O) groups is 1. The Bertz CT molecular complexity index is 253. The highest BCUT2D eigenvalue weighted by Gasteiger charge is 2.25. The van der Waals surface area contributed by atoms with Gasteiger partial charge in [-0.2, -0.15) is 5.26 Å². The van der Waals surface area contributed by atoms with Crippen LogP contribution in [0.15, 0.2) is 0 Å². The molecule has 1 aliphatic rings. The van der Waals surface area contributed by atoms with Gasteiger partial charge in [0.25, 0.3) is 0 Å². The molecular formula is C11H19N3O. The van der Waals surface area contributed by atoms with Gasteiger partial charge < -0.3 is 10.2 Å². The Kier molecular flexibility index (Phi) is 4.57. The van der Waals surface area contributed by atoms with Gasteiger partial charge in [0.1, 0.15) is 0 Å². The summed E-state index contributed by atoms with van der Waals surface area (Å²) in [6.07, 6.45) is 3.59. The maximum atomic E-state index is 12.0. The highest BCUT2D eigenvalue weighted by Crippen LogP contribution is 2.11. The molecule has 15 heavy (non-hydrogen) atoms. The van der Waals surface area contributed by atoms with Gasteiger partial charge in [-0.15, -0.1) is 0 Å². The van der Waals surface area contributed by atoms with Gasteiger partial charge in [0.2, 0.25) is 5.91 Å². The molecule has 1 fully saturated rings. The summed E-state index contributed by atoms with van der Waals surface area (Å²) in [6, 6.07) is 2.06. The maximum absolute atomic E-state index is 12.0. The summed E-state index contributed by atoms with van der Waals surface area (Å²) in [4.78, 5) is 13.7. The van der Waals surface area contributed by atoms with Crippen LogP contribution in [-0.4, -0.2) is 36.5 Å². The number of rotatable bonds is 3. The number of likely N-dealkylation sites (N-methyl/N-ethyl adjacent to an activating group) is 1. The van der Waals surface area contributed by atoms with Gasteiger partial charge in [-0.25, -0.2) is 0 Å². The quantitative estimate of drug-likeness (QED) is 0.751. The van der Waals surface area contributed by atoms with Crippen molar-refractivity contribution in [1.82, 2.24) is 10.2 Å². The van der Waals surface area contributed by atoms with Crippen LogP contribution in [0.1, 0.15) is 32.6 Å². The van der Waals surface area contributed by atoms with E-state index in [1.54, 1.807) is 11.9 Å². The third-order valence-corrected chi connectivity index (χ3v) is 3.00. The number of hydrogen-bond acceptors (Lipinski definition) is 3. The van der Waals surface area contributed by atoms with E-state index < -0.39 is 0 Å². The summed E-state index contributed by atoms with van der Waals surface area (Å²) in [5.41, 5.74) is 0. The lowest BCUT2D eigenvalue weighted by molar-refractivity contribution is -0.134. The predicted octanol–water partition coefficient (Wildman–Crippen LogP) is 0.889. The summed E-state index contributed by atoms with van der Waals surface area (Å²) in [5, 5.41) is 11.8. The van der Waals surface area contributed by atoms with Crippen molar-refractivity contribution in [3.05, 3.63) is 0 Å². The second kappa shape index (κ2) is 5.72. The molecule has 1 saturated heterocycles. The van der Waals surface area contributed by atoms with Crippen LogP contribution >= 0.6 is 0 Å². The molecule has 0 aliphatic carbocycles. The summed E-state index contributed by atoms with van der Waals surface area (Å²) in [5.74, 6) is 0.123. The third kappa shape index (κ3) is 3.21. The zero-order chi connectivity index (χ0) is 11.3. The number of nitrogens with one attached hydrogen (secondary N) is 1. The standard InChI is InChI=1S/C11H19N3O/c1-9(6-7-12)14(2)11(15)10-5-3-4-8-13-10/h9-10,13H,3-6,8H2,1-2H3/t9?,10-/m1/s1. The zero-order valence-corrected chi connectivity index (χ0v) is 9.49. The largest absolute Gasteiger partial charge is 0.341 e. The van der Waals surface area contributed by atoms with Gasteiger partial charge in [0.05, 0.1) is 18.5 Å². The molecule has 1 amide bonds. The van der Waals surface area contributed by atoms with E-state index in [0.717, 1.165) is 25.8 Å². The summed E-state index contributed by atoms with van der Waals surface area (Å²) < 4.78 is 0. The Hall–Kier alpha value is -1.08. The fraction of sp³-hybridized carbons (Fsp3) is 0.818. The van der Waals surface area contributed by atoms with Crippen LogP contribution in [-0.2, 0) is 4.79 Å². The molecule has 1 unspecified atom stereocenters. The van der Waals surface area contributed by atoms with Crippen LogP contribution < -0.4 is 5.32 Å². The van der Waals surface area contributed by atoms with Crippen molar-refractivity contribution >= 4 is 5.91 Å². The minimum atomic E-state index is -0.0371. The van der Waals surface area contributed by atoms with Crippen LogP contribution in [0, 0.1) is 11.3 Å². The van der Waals surface area contributed by atoms with Gasteiger partial charge in [-0.3, -0.25) is 4.79 Å². The monoisotopic (exact) mass is 209 g/mol. The van der Waals surface area contributed by atoms with E-state index in [1.807, 2.05) is 6.92 Å². The van der Waals surface area contributed by atoms with Crippen LogP contribution in [0.4, 0.5) is 0 Å². The van der Waals surface area contributed by atoms with Crippen molar-refractivity contribution in [3.63, 3.8) is 0 Å². The smallest absolute Gasteiger partial charge is 0.239 e. The van der Waals surface area contributed by atoms with Crippen molar-refractivity contribution in [3.8, 4) is 6.07 Å². The number of carbonyl (C=O) groups excluding carboxylic acids is 1.